The summed E-state index contributed by atoms with van der Waals surface area (Å²) in [4.78, 5) is 33.9. The standard InChI is InChI=1S/C14H14O7/c1-7(2)13(18)20-8(3)21-14(19)10-6-4-5-9(11(10)15)12(16)17/h4-6,8,15H,1H2,2-3H3,(H,16,17). The van der Waals surface area contributed by atoms with Crippen molar-refractivity contribution in [2.24, 2.45) is 0 Å². The van der Waals surface area contributed by atoms with Crippen LogP contribution in [-0.4, -0.2) is 34.4 Å². The van der Waals surface area contributed by atoms with Crippen LogP contribution in [-0.2, 0) is 14.3 Å². The first kappa shape index (κ1) is 16.2. The van der Waals surface area contributed by atoms with E-state index in [9.17, 15) is 19.5 Å². The molecule has 7 nitrogen and oxygen atoms in total. The molecule has 1 unspecified atom stereocenters. The molecule has 0 aliphatic carbocycles. The van der Waals surface area contributed by atoms with Gasteiger partial charge in [0, 0.05) is 12.5 Å². The smallest absolute Gasteiger partial charge is 0.345 e. The normalized spacial score (nSPS) is 11.3. The maximum Gasteiger partial charge on any atom is 0.345 e. The van der Waals surface area contributed by atoms with Gasteiger partial charge in [-0.15, -0.1) is 0 Å². The maximum absolute atomic E-state index is 11.8. The highest BCUT2D eigenvalue weighted by Gasteiger charge is 2.22. The van der Waals surface area contributed by atoms with Gasteiger partial charge in [0.15, 0.2) is 0 Å². The van der Waals surface area contributed by atoms with Crippen LogP contribution in [0.2, 0.25) is 0 Å². The minimum absolute atomic E-state index is 0.133. The Morgan fingerprint density at radius 3 is 2.29 bits per heavy atom. The topological polar surface area (TPSA) is 110 Å². The van der Waals surface area contributed by atoms with Crippen LogP contribution >= 0.6 is 0 Å². The molecule has 1 atom stereocenters. The molecule has 0 saturated carbocycles. The van der Waals surface area contributed by atoms with Crippen LogP contribution in [0, 0.1) is 0 Å². The number of aromatic hydroxyl groups is 1. The summed E-state index contributed by atoms with van der Waals surface area (Å²) in [5.41, 5.74) is -0.641. The molecular weight excluding hydrogens is 280 g/mol. The van der Waals surface area contributed by atoms with Gasteiger partial charge in [0.2, 0.25) is 6.29 Å². The first-order valence-electron chi connectivity index (χ1n) is 5.86. The van der Waals surface area contributed by atoms with E-state index in [4.69, 9.17) is 14.6 Å². The number of ether oxygens (including phenoxy) is 2. The van der Waals surface area contributed by atoms with Crippen LogP contribution in [0.4, 0.5) is 0 Å². The number of aromatic carboxylic acids is 1. The maximum atomic E-state index is 11.8. The molecular formula is C14H14O7. The third-order valence-electron chi connectivity index (χ3n) is 2.38. The van der Waals surface area contributed by atoms with Gasteiger partial charge in [-0.05, 0) is 19.1 Å². The fourth-order valence-corrected chi connectivity index (χ4v) is 1.37. The van der Waals surface area contributed by atoms with Gasteiger partial charge in [-0.3, -0.25) is 0 Å². The number of hydrogen-bond donors (Lipinski definition) is 2. The van der Waals surface area contributed by atoms with Gasteiger partial charge < -0.3 is 19.7 Å². The second-order valence-corrected chi connectivity index (χ2v) is 4.17. The number of phenols is 1. The summed E-state index contributed by atoms with van der Waals surface area (Å²) in [7, 11) is 0. The lowest BCUT2D eigenvalue weighted by Crippen LogP contribution is -2.22. The van der Waals surface area contributed by atoms with Crippen LogP contribution in [0.1, 0.15) is 34.6 Å². The van der Waals surface area contributed by atoms with E-state index in [2.05, 4.69) is 6.58 Å². The molecule has 0 radical (unpaired) electrons. The number of carboxylic acid groups (broad SMARTS) is 1. The Morgan fingerprint density at radius 2 is 1.76 bits per heavy atom. The first-order valence-corrected chi connectivity index (χ1v) is 5.86. The number of esters is 2. The number of rotatable bonds is 5. The molecule has 1 aromatic carbocycles. The Labute approximate surface area is 120 Å². The Bertz CT molecular complexity index is 603. The first-order chi connectivity index (χ1) is 9.73. The van der Waals surface area contributed by atoms with E-state index in [1.807, 2.05) is 0 Å². The van der Waals surface area contributed by atoms with Gasteiger partial charge in [-0.25, -0.2) is 14.4 Å². The van der Waals surface area contributed by atoms with Crippen molar-refractivity contribution in [2.45, 2.75) is 20.1 Å². The zero-order valence-corrected chi connectivity index (χ0v) is 11.5. The Kier molecular flexibility index (Phi) is 5.06. The van der Waals surface area contributed by atoms with Crippen molar-refractivity contribution in [3.63, 3.8) is 0 Å². The summed E-state index contributed by atoms with van der Waals surface area (Å²) in [6.07, 6.45) is -1.21. The molecule has 0 aromatic heterocycles. The minimum Gasteiger partial charge on any atom is -0.506 e. The highest BCUT2D eigenvalue weighted by Crippen LogP contribution is 2.23. The van der Waals surface area contributed by atoms with Crippen molar-refractivity contribution in [1.29, 1.82) is 0 Å². The minimum atomic E-state index is -1.39. The summed E-state index contributed by atoms with van der Waals surface area (Å²) in [6.45, 7) is 6.10. The van der Waals surface area contributed by atoms with E-state index in [-0.39, 0.29) is 11.1 Å². The molecule has 7 heteroatoms. The molecule has 0 saturated heterocycles. The van der Waals surface area contributed by atoms with E-state index in [0.717, 1.165) is 6.07 Å². The predicted molar refractivity (Wildman–Crippen MR) is 70.8 cm³/mol. The average molecular weight is 294 g/mol. The van der Waals surface area contributed by atoms with Crippen molar-refractivity contribution in [2.75, 3.05) is 0 Å². The van der Waals surface area contributed by atoms with Crippen LogP contribution < -0.4 is 0 Å². The average Bonchev–Trinajstić information content (AvgIpc) is 2.37. The zero-order chi connectivity index (χ0) is 16.2. The van der Waals surface area contributed by atoms with Crippen molar-refractivity contribution >= 4 is 17.9 Å². The Morgan fingerprint density at radius 1 is 1.19 bits per heavy atom. The van der Waals surface area contributed by atoms with Gasteiger partial charge in [0.25, 0.3) is 0 Å². The lowest BCUT2D eigenvalue weighted by atomic mass is 10.1. The molecule has 0 fully saturated rings. The quantitative estimate of drug-likeness (QED) is 0.483. The second-order valence-electron chi connectivity index (χ2n) is 4.17. The van der Waals surface area contributed by atoms with E-state index in [1.165, 1.54) is 26.0 Å². The lowest BCUT2D eigenvalue weighted by molar-refractivity contribution is -0.160. The van der Waals surface area contributed by atoms with E-state index >= 15 is 0 Å². The van der Waals surface area contributed by atoms with Gasteiger partial charge in [-0.2, -0.15) is 0 Å². The molecule has 0 aliphatic heterocycles. The Balaban J connectivity index is 2.85. The van der Waals surface area contributed by atoms with Gasteiger partial charge in [-0.1, -0.05) is 12.6 Å². The molecule has 0 bridgehead atoms. The van der Waals surface area contributed by atoms with Crippen LogP contribution in [0.5, 0.6) is 5.75 Å². The van der Waals surface area contributed by atoms with Crippen molar-refractivity contribution < 1.29 is 34.1 Å². The molecule has 21 heavy (non-hydrogen) atoms. The number of hydrogen-bond acceptors (Lipinski definition) is 6. The van der Waals surface area contributed by atoms with Crippen molar-refractivity contribution in [3.8, 4) is 5.75 Å². The van der Waals surface area contributed by atoms with E-state index in [1.54, 1.807) is 0 Å². The summed E-state index contributed by atoms with van der Waals surface area (Å²) >= 11 is 0. The zero-order valence-electron chi connectivity index (χ0n) is 11.5. The molecule has 0 spiro atoms. The SMILES string of the molecule is C=C(C)C(=O)OC(C)OC(=O)c1cccc(C(=O)O)c1O. The number of carboxylic acids is 1. The molecule has 1 aromatic rings. The van der Waals surface area contributed by atoms with Crippen LogP contribution in [0.3, 0.4) is 0 Å². The number of carbonyl (C=O) groups is 3. The summed E-state index contributed by atoms with van der Waals surface area (Å²) in [5.74, 6) is -3.85. The summed E-state index contributed by atoms with van der Waals surface area (Å²) in [6, 6.07) is 3.61. The highest BCUT2D eigenvalue weighted by molar-refractivity contribution is 5.99. The Hall–Kier alpha value is -2.83. The molecule has 0 aliphatic rings. The van der Waals surface area contributed by atoms with E-state index in [0.29, 0.717) is 0 Å². The van der Waals surface area contributed by atoms with Gasteiger partial charge >= 0.3 is 17.9 Å². The highest BCUT2D eigenvalue weighted by atomic mass is 16.7. The van der Waals surface area contributed by atoms with Crippen molar-refractivity contribution in [1.82, 2.24) is 0 Å². The molecule has 112 valence electrons. The number of para-hydroxylation sites is 1. The molecule has 1 rings (SSSR count). The fourth-order valence-electron chi connectivity index (χ4n) is 1.37. The molecule has 0 heterocycles. The predicted octanol–water partition coefficient (Wildman–Crippen LogP) is 1.71. The van der Waals surface area contributed by atoms with Gasteiger partial charge in [0.05, 0.1) is 0 Å². The second kappa shape index (κ2) is 6.56. The molecule has 0 amide bonds. The lowest BCUT2D eigenvalue weighted by Gasteiger charge is -2.14. The van der Waals surface area contributed by atoms with Crippen molar-refractivity contribution in [3.05, 3.63) is 41.5 Å². The summed E-state index contributed by atoms with van der Waals surface area (Å²) in [5, 5.41) is 18.6. The fraction of sp³-hybridized carbons (Fsp3) is 0.214. The van der Waals surface area contributed by atoms with Crippen LogP contribution in [0.25, 0.3) is 0 Å². The van der Waals surface area contributed by atoms with E-state index < -0.39 is 35.5 Å². The number of benzene rings is 1. The molecule has 2 N–H and O–H groups in total. The van der Waals surface area contributed by atoms with Crippen LogP contribution in [0.15, 0.2) is 30.4 Å². The largest absolute Gasteiger partial charge is 0.506 e. The monoisotopic (exact) mass is 294 g/mol. The van der Waals surface area contributed by atoms with Gasteiger partial charge in [0.1, 0.15) is 16.9 Å². The third-order valence-corrected chi connectivity index (χ3v) is 2.38. The summed E-state index contributed by atoms with van der Waals surface area (Å²) < 4.78 is 9.54. The number of carbonyl (C=O) groups excluding carboxylic acids is 2. The third kappa shape index (κ3) is 4.07.